The van der Waals surface area contributed by atoms with Crippen LogP contribution in [-0.2, 0) is 4.79 Å². The highest BCUT2D eigenvalue weighted by molar-refractivity contribution is 5.98. The van der Waals surface area contributed by atoms with Gasteiger partial charge >= 0.3 is 0 Å². The number of furan rings is 1. The number of amides is 3. The first-order valence-corrected chi connectivity index (χ1v) is 9.65. The molecule has 2 heterocycles. The number of benzene rings is 1. The molecule has 4 rings (SSSR count). The molecule has 2 aliphatic rings. The van der Waals surface area contributed by atoms with Crippen molar-refractivity contribution >= 4 is 23.4 Å². The molecule has 2 N–H and O–H groups in total. The molecule has 1 aliphatic heterocycles. The van der Waals surface area contributed by atoms with Crippen LogP contribution >= 0.6 is 0 Å². The number of carbonyl (C=O) groups is 3. The van der Waals surface area contributed by atoms with Crippen molar-refractivity contribution in [3.05, 3.63) is 54.0 Å². The van der Waals surface area contributed by atoms with Gasteiger partial charge in [0, 0.05) is 30.4 Å². The molecule has 146 valence electrons. The van der Waals surface area contributed by atoms with E-state index in [0.717, 1.165) is 25.7 Å². The third kappa shape index (κ3) is 4.24. The molecule has 1 aromatic heterocycles. The summed E-state index contributed by atoms with van der Waals surface area (Å²) in [7, 11) is 0. The van der Waals surface area contributed by atoms with Gasteiger partial charge < -0.3 is 20.0 Å². The number of hydrogen-bond donors (Lipinski definition) is 2. The molecule has 7 nitrogen and oxygen atoms in total. The fourth-order valence-corrected chi connectivity index (χ4v) is 3.41. The molecular formula is C21H23N3O4. The zero-order chi connectivity index (χ0) is 19.5. The molecule has 1 atom stereocenters. The number of likely N-dealkylation sites (tertiary alicyclic amines) is 1. The predicted octanol–water partition coefficient (Wildman–Crippen LogP) is 2.66. The second-order valence-corrected chi connectivity index (χ2v) is 7.39. The summed E-state index contributed by atoms with van der Waals surface area (Å²) in [5.41, 5.74) is 1.12. The number of nitrogens with one attached hydrogen (secondary N) is 2. The van der Waals surface area contributed by atoms with Crippen LogP contribution in [0.15, 0.2) is 47.1 Å². The minimum Gasteiger partial charge on any atom is -0.459 e. The summed E-state index contributed by atoms with van der Waals surface area (Å²) >= 11 is 0. The zero-order valence-corrected chi connectivity index (χ0v) is 15.5. The van der Waals surface area contributed by atoms with Crippen LogP contribution in [0, 0.1) is 5.92 Å². The molecule has 1 aromatic carbocycles. The van der Waals surface area contributed by atoms with Crippen LogP contribution in [-0.4, -0.2) is 41.8 Å². The molecule has 1 aliphatic carbocycles. The monoisotopic (exact) mass is 381 g/mol. The minimum absolute atomic E-state index is 0.119. The van der Waals surface area contributed by atoms with Crippen LogP contribution in [0.5, 0.6) is 0 Å². The molecule has 28 heavy (non-hydrogen) atoms. The first-order chi connectivity index (χ1) is 13.6. The lowest BCUT2D eigenvalue weighted by molar-refractivity contribution is -0.121. The predicted molar refractivity (Wildman–Crippen MR) is 103 cm³/mol. The van der Waals surface area contributed by atoms with Gasteiger partial charge in [0.15, 0.2) is 5.76 Å². The molecule has 2 fully saturated rings. The molecular weight excluding hydrogens is 358 g/mol. The van der Waals surface area contributed by atoms with Crippen LogP contribution in [0.1, 0.15) is 46.6 Å². The first-order valence-electron chi connectivity index (χ1n) is 9.65. The van der Waals surface area contributed by atoms with E-state index in [-0.39, 0.29) is 35.4 Å². The van der Waals surface area contributed by atoms with Crippen molar-refractivity contribution in [1.82, 2.24) is 10.2 Å². The van der Waals surface area contributed by atoms with Gasteiger partial charge in [0.1, 0.15) is 0 Å². The van der Waals surface area contributed by atoms with Crippen LogP contribution in [0.2, 0.25) is 0 Å². The van der Waals surface area contributed by atoms with Gasteiger partial charge in [0.25, 0.3) is 11.8 Å². The average Bonchev–Trinajstić information content (AvgIpc) is 3.36. The number of nitrogens with zero attached hydrogens (tertiary/aromatic N) is 1. The summed E-state index contributed by atoms with van der Waals surface area (Å²) in [5, 5.41) is 5.83. The van der Waals surface area contributed by atoms with E-state index in [1.807, 2.05) is 0 Å². The number of anilines is 1. The van der Waals surface area contributed by atoms with E-state index in [4.69, 9.17) is 4.42 Å². The summed E-state index contributed by atoms with van der Waals surface area (Å²) in [4.78, 5) is 39.0. The van der Waals surface area contributed by atoms with Crippen molar-refractivity contribution in [3.63, 3.8) is 0 Å². The van der Waals surface area contributed by atoms with E-state index in [2.05, 4.69) is 10.6 Å². The molecule has 0 bridgehead atoms. The van der Waals surface area contributed by atoms with Crippen molar-refractivity contribution in [2.24, 2.45) is 5.92 Å². The van der Waals surface area contributed by atoms with Crippen molar-refractivity contribution < 1.29 is 18.8 Å². The molecule has 0 radical (unpaired) electrons. The van der Waals surface area contributed by atoms with Gasteiger partial charge in [-0.15, -0.1) is 0 Å². The summed E-state index contributed by atoms with van der Waals surface area (Å²) in [6.07, 6.45) is 4.99. The van der Waals surface area contributed by atoms with E-state index in [9.17, 15) is 14.4 Å². The Hall–Kier alpha value is -3.09. The normalized spacial score (nSPS) is 19.1. The highest BCUT2D eigenvalue weighted by Crippen LogP contribution is 2.22. The molecule has 2 aromatic rings. The van der Waals surface area contributed by atoms with Crippen LogP contribution in [0.25, 0.3) is 0 Å². The summed E-state index contributed by atoms with van der Waals surface area (Å²) in [6, 6.07) is 10.5. The second kappa shape index (κ2) is 7.88. The Labute approximate surface area is 163 Å². The molecule has 0 spiro atoms. The average molecular weight is 381 g/mol. The van der Waals surface area contributed by atoms with Gasteiger partial charge in [-0.2, -0.15) is 0 Å². The lowest BCUT2D eigenvalue weighted by Gasteiger charge is -2.31. The maximum absolute atomic E-state index is 12.7. The van der Waals surface area contributed by atoms with Crippen LogP contribution < -0.4 is 10.6 Å². The smallest absolute Gasteiger partial charge is 0.289 e. The Morgan fingerprint density at radius 2 is 1.93 bits per heavy atom. The summed E-state index contributed by atoms with van der Waals surface area (Å²) < 4.78 is 5.18. The fraction of sp³-hybridized carbons (Fsp3) is 0.381. The molecule has 1 saturated carbocycles. The van der Waals surface area contributed by atoms with Gasteiger partial charge in [0.2, 0.25) is 5.91 Å². The number of hydrogen-bond acceptors (Lipinski definition) is 4. The van der Waals surface area contributed by atoms with E-state index in [0.29, 0.717) is 24.3 Å². The largest absolute Gasteiger partial charge is 0.459 e. The number of carbonyl (C=O) groups excluding carboxylic acids is 3. The van der Waals surface area contributed by atoms with Gasteiger partial charge in [0.05, 0.1) is 12.2 Å². The zero-order valence-electron chi connectivity index (χ0n) is 15.5. The van der Waals surface area contributed by atoms with Crippen molar-refractivity contribution in [2.75, 3.05) is 18.4 Å². The van der Waals surface area contributed by atoms with Crippen molar-refractivity contribution in [3.8, 4) is 0 Å². The Kier molecular flexibility index (Phi) is 5.14. The van der Waals surface area contributed by atoms with Gasteiger partial charge in [-0.3, -0.25) is 14.4 Å². The van der Waals surface area contributed by atoms with E-state index in [1.165, 1.54) is 6.26 Å². The van der Waals surface area contributed by atoms with Crippen molar-refractivity contribution in [1.29, 1.82) is 0 Å². The minimum atomic E-state index is -0.295. The Morgan fingerprint density at radius 3 is 2.68 bits per heavy atom. The summed E-state index contributed by atoms with van der Waals surface area (Å²) in [5.74, 6) is -0.462. The fourth-order valence-electron chi connectivity index (χ4n) is 3.41. The lowest BCUT2D eigenvalue weighted by atomic mass is 9.96. The SMILES string of the molecule is O=C(NC1CC1)c1cccc(NC(=O)[C@H]2CCCN(C(=O)c3ccco3)C2)c1. The van der Waals surface area contributed by atoms with E-state index in [1.54, 1.807) is 41.3 Å². The maximum Gasteiger partial charge on any atom is 0.289 e. The Bertz CT molecular complexity index is 874. The standard InChI is InChI=1S/C21H23N3O4/c25-19(22-16-8-9-16)14-4-1-6-17(12-14)23-20(26)15-5-2-10-24(13-15)21(27)18-7-3-11-28-18/h1,3-4,6-7,11-12,15-16H,2,5,8-10,13H2,(H,22,25)(H,23,26)/t15-/m0/s1. The Balaban J connectivity index is 1.37. The summed E-state index contributed by atoms with van der Waals surface area (Å²) in [6.45, 7) is 0.966. The maximum atomic E-state index is 12.7. The highest BCUT2D eigenvalue weighted by atomic mass is 16.3. The molecule has 0 unspecified atom stereocenters. The molecule has 1 saturated heterocycles. The van der Waals surface area contributed by atoms with Gasteiger partial charge in [-0.25, -0.2) is 0 Å². The quantitative estimate of drug-likeness (QED) is 0.833. The second-order valence-electron chi connectivity index (χ2n) is 7.39. The Morgan fingerprint density at radius 1 is 1.07 bits per heavy atom. The topological polar surface area (TPSA) is 91.7 Å². The van der Waals surface area contributed by atoms with Gasteiger partial charge in [-0.1, -0.05) is 6.07 Å². The first kappa shape index (κ1) is 18.3. The highest BCUT2D eigenvalue weighted by Gasteiger charge is 2.30. The van der Waals surface area contributed by atoms with Crippen LogP contribution in [0.4, 0.5) is 5.69 Å². The third-order valence-electron chi connectivity index (χ3n) is 5.12. The van der Waals surface area contributed by atoms with Gasteiger partial charge in [-0.05, 0) is 56.0 Å². The number of rotatable bonds is 5. The van der Waals surface area contributed by atoms with E-state index < -0.39 is 0 Å². The van der Waals surface area contributed by atoms with E-state index >= 15 is 0 Å². The van der Waals surface area contributed by atoms with Crippen LogP contribution in [0.3, 0.4) is 0 Å². The molecule has 3 amide bonds. The van der Waals surface area contributed by atoms with Crippen molar-refractivity contribution in [2.45, 2.75) is 31.7 Å². The number of piperidine rings is 1. The third-order valence-corrected chi connectivity index (χ3v) is 5.12. The molecule has 7 heteroatoms. The lowest BCUT2D eigenvalue weighted by Crippen LogP contribution is -2.43.